The number of H-pyrrole nitrogens is 1. The predicted molar refractivity (Wildman–Crippen MR) is 160 cm³/mol. The molecule has 0 fully saturated rings. The van der Waals surface area contributed by atoms with Crippen LogP contribution in [0.15, 0.2) is 60.0 Å². The summed E-state index contributed by atoms with van der Waals surface area (Å²) >= 11 is 0. The van der Waals surface area contributed by atoms with Gasteiger partial charge in [0, 0.05) is 36.9 Å². The number of aliphatic imine (C=N–C) groups is 1. The first-order chi connectivity index (χ1) is 18.4. The summed E-state index contributed by atoms with van der Waals surface area (Å²) in [6, 6.07) is 12.1. The van der Waals surface area contributed by atoms with Crippen LogP contribution in [0.3, 0.4) is 0 Å². The van der Waals surface area contributed by atoms with Crippen LogP contribution in [-0.2, 0) is 6.42 Å². The highest BCUT2D eigenvalue weighted by Crippen LogP contribution is 2.13. The average molecular weight is 506 g/mol. The molecule has 0 saturated carbocycles. The van der Waals surface area contributed by atoms with E-state index in [-0.39, 0.29) is 0 Å². The lowest BCUT2D eigenvalue weighted by Gasteiger charge is -2.03. The van der Waals surface area contributed by atoms with Crippen molar-refractivity contribution >= 4 is 17.2 Å². The maximum Gasteiger partial charge on any atom is 0.105 e. The Hall–Kier alpha value is -2.69. The maximum atomic E-state index is 4.26. The number of aromatic nitrogens is 3. The summed E-state index contributed by atoms with van der Waals surface area (Å²) in [5, 5.41) is 4.13. The molecule has 37 heavy (non-hydrogen) atoms. The van der Waals surface area contributed by atoms with E-state index in [1.54, 1.807) is 6.34 Å². The second kappa shape index (κ2) is 22.5. The van der Waals surface area contributed by atoms with Gasteiger partial charge in [0.2, 0.25) is 0 Å². The van der Waals surface area contributed by atoms with Crippen LogP contribution in [0.5, 0.6) is 0 Å². The molecule has 2 N–H and O–H groups in total. The Bertz CT molecular complexity index is 835. The Balaban J connectivity index is 0.000000257. The number of nitrogens with one attached hydrogen (secondary N) is 2. The average Bonchev–Trinajstić information content (AvgIpc) is 3.69. The lowest BCUT2D eigenvalue weighted by molar-refractivity contribution is 0.531. The molecule has 4 rings (SSSR count). The number of hydrogen-bond donors (Lipinski definition) is 2. The summed E-state index contributed by atoms with van der Waals surface area (Å²) < 4.78 is 0. The first-order valence-corrected chi connectivity index (χ1v) is 14.9. The molecular formula is C32H51N5. The van der Waals surface area contributed by atoms with E-state index in [0.29, 0.717) is 0 Å². The predicted octanol–water partition coefficient (Wildman–Crippen LogP) is 8.68. The van der Waals surface area contributed by atoms with Crippen molar-refractivity contribution in [1.29, 1.82) is 0 Å². The maximum absolute atomic E-state index is 4.26. The SMILES string of the molecule is C1=NCCN1.CCCCCCCCCCCCCCCCCc1ncc[nH]1.c1ccc2ncccc2c1. The van der Waals surface area contributed by atoms with Crippen molar-refractivity contribution in [1.82, 2.24) is 20.3 Å². The molecule has 204 valence electrons. The number of benzene rings is 1. The van der Waals surface area contributed by atoms with Gasteiger partial charge in [-0.2, -0.15) is 0 Å². The number of aromatic amines is 1. The molecule has 3 heterocycles. The van der Waals surface area contributed by atoms with Crippen LogP contribution in [0.25, 0.3) is 10.9 Å². The van der Waals surface area contributed by atoms with Gasteiger partial charge in [0.15, 0.2) is 0 Å². The summed E-state index contributed by atoms with van der Waals surface area (Å²) in [5.41, 5.74) is 1.06. The van der Waals surface area contributed by atoms with Crippen molar-refractivity contribution in [2.24, 2.45) is 4.99 Å². The summed E-state index contributed by atoms with van der Waals surface area (Å²) in [7, 11) is 0. The Morgan fingerprint density at radius 3 is 1.81 bits per heavy atom. The lowest BCUT2D eigenvalue weighted by Crippen LogP contribution is -2.04. The molecule has 0 aliphatic carbocycles. The first kappa shape index (κ1) is 30.5. The highest BCUT2D eigenvalue weighted by atomic mass is 15.0. The third-order valence-corrected chi connectivity index (χ3v) is 6.65. The van der Waals surface area contributed by atoms with Gasteiger partial charge in [0.05, 0.1) is 18.4 Å². The molecule has 1 aliphatic rings. The summed E-state index contributed by atoms with van der Waals surface area (Å²) in [6.07, 6.45) is 29.8. The van der Waals surface area contributed by atoms with E-state index in [4.69, 9.17) is 0 Å². The van der Waals surface area contributed by atoms with Crippen LogP contribution in [0, 0.1) is 0 Å². The number of unbranched alkanes of at least 4 members (excludes halogenated alkanes) is 14. The van der Waals surface area contributed by atoms with Crippen LogP contribution in [-0.4, -0.2) is 34.4 Å². The quantitative estimate of drug-likeness (QED) is 0.191. The number of para-hydroxylation sites is 1. The Morgan fingerprint density at radius 2 is 1.30 bits per heavy atom. The zero-order valence-electron chi connectivity index (χ0n) is 23.3. The highest BCUT2D eigenvalue weighted by Gasteiger charge is 1.96. The van der Waals surface area contributed by atoms with Crippen LogP contribution in [0.1, 0.15) is 109 Å². The molecule has 2 aromatic heterocycles. The largest absolute Gasteiger partial charge is 0.375 e. The molecule has 5 heteroatoms. The van der Waals surface area contributed by atoms with Crippen LogP contribution < -0.4 is 5.32 Å². The number of fused-ring (bicyclic) bond motifs is 1. The van der Waals surface area contributed by atoms with Crippen molar-refractivity contribution in [2.45, 2.75) is 110 Å². The molecule has 0 radical (unpaired) electrons. The fourth-order valence-corrected chi connectivity index (χ4v) is 4.44. The van der Waals surface area contributed by atoms with Gasteiger partial charge in [-0.15, -0.1) is 0 Å². The van der Waals surface area contributed by atoms with E-state index < -0.39 is 0 Å². The Morgan fingerprint density at radius 1 is 0.676 bits per heavy atom. The molecule has 1 aliphatic heterocycles. The summed E-state index contributed by atoms with van der Waals surface area (Å²) in [5.74, 6) is 1.15. The first-order valence-electron chi connectivity index (χ1n) is 14.9. The van der Waals surface area contributed by atoms with Gasteiger partial charge in [-0.3, -0.25) is 9.98 Å². The van der Waals surface area contributed by atoms with Gasteiger partial charge in [0.1, 0.15) is 5.82 Å². The van der Waals surface area contributed by atoms with E-state index >= 15 is 0 Å². The minimum absolute atomic E-state index is 0.958. The lowest BCUT2D eigenvalue weighted by atomic mass is 10.0. The highest BCUT2D eigenvalue weighted by molar-refractivity contribution is 5.77. The van der Waals surface area contributed by atoms with Crippen LogP contribution in [0.2, 0.25) is 0 Å². The molecule has 5 nitrogen and oxygen atoms in total. The monoisotopic (exact) mass is 505 g/mol. The minimum atomic E-state index is 0.958. The van der Waals surface area contributed by atoms with E-state index in [1.165, 1.54) is 102 Å². The van der Waals surface area contributed by atoms with Gasteiger partial charge in [-0.05, 0) is 18.6 Å². The Kier molecular flexibility index (Phi) is 18.6. The zero-order chi connectivity index (χ0) is 26.1. The van der Waals surface area contributed by atoms with E-state index in [9.17, 15) is 0 Å². The van der Waals surface area contributed by atoms with Crippen LogP contribution in [0.4, 0.5) is 0 Å². The smallest absolute Gasteiger partial charge is 0.105 e. The van der Waals surface area contributed by atoms with Gasteiger partial charge in [0.25, 0.3) is 0 Å². The molecular weight excluding hydrogens is 454 g/mol. The van der Waals surface area contributed by atoms with E-state index in [2.05, 4.69) is 44.3 Å². The van der Waals surface area contributed by atoms with Crippen molar-refractivity contribution in [3.8, 4) is 0 Å². The number of pyridine rings is 1. The van der Waals surface area contributed by atoms with E-state index in [1.807, 2.05) is 42.9 Å². The van der Waals surface area contributed by atoms with Gasteiger partial charge < -0.3 is 10.3 Å². The molecule has 3 aromatic rings. The topological polar surface area (TPSA) is 66.0 Å². The molecule has 0 atom stereocenters. The third kappa shape index (κ3) is 16.6. The number of imidazole rings is 1. The molecule has 0 saturated heterocycles. The normalized spacial score (nSPS) is 11.9. The summed E-state index contributed by atoms with van der Waals surface area (Å²) in [6.45, 7) is 4.28. The number of aryl methyl sites for hydroxylation is 1. The van der Waals surface area contributed by atoms with E-state index in [0.717, 1.165) is 30.9 Å². The minimum Gasteiger partial charge on any atom is -0.375 e. The number of nitrogens with zero attached hydrogens (tertiary/aromatic N) is 3. The Labute approximate surface area is 226 Å². The number of rotatable bonds is 16. The number of hydrogen-bond acceptors (Lipinski definition) is 4. The second-order valence-corrected chi connectivity index (χ2v) is 9.92. The summed E-state index contributed by atoms with van der Waals surface area (Å²) in [4.78, 5) is 15.5. The molecule has 0 bridgehead atoms. The molecule has 0 amide bonds. The molecule has 0 spiro atoms. The second-order valence-electron chi connectivity index (χ2n) is 9.92. The van der Waals surface area contributed by atoms with Gasteiger partial charge in [-0.25, -0.2) is 4.98 Å². The molecule has 0 unspecified atom stereocenters. The fourth-order valence-electron chi connectivity index (χ4n) is 4.44. The standard InChI is InChI=1S/C20H38N2.C9H7N.C3H6N2/c1-2-3-4-5-6-7-8-9-10-11-12-13-14-15-16-17-20-21-18-19-22-20;1-2-6-9-8(4-1)5-3-7-10-9;1-2-5-3-4-1/h18-19H,2-17H2,1H3,(H,21,22);1-7H;3H,1-2H2,(H,4,5). The van der Waals surface area contributed by atoms with Crippen molar-refractivity contribution in [3.63, 3.8) is 0 Å². The van der Waals surface area contributed by atoms with Crippen molar-refractivity contribution in [3.05, 3.63) is 60.8 Å². The fraction of sp³-hybridized carbons (Fsp3) is 0.594. The molecule has 1 aromatic carbocycles. The third-order valence-electron chi connectivity index (χ3n) is 6.65. The van der Waals surface area contributed by atoms with Crippen molar-refractivity contribution in [2.75, 3.05) is 13.1 Å². The van der Waals surface area contributed by atoms with Gasteiger partial charge >= 0.3 is 0 Å². The van der Waals surface area contributed by atoms with Gasteiger partial charge in [-0.1, -0.05) is 121 Å². The van der Waals surface area contributed by atoms with Crippen molar-refractivity contribution < 1.29 is 0 Å². The zero-order valence-corrected chi connectivity index (χ0v) is 23.3. The van der Waals surface area contributed by atoms with Crippen LogP contribution >= 0.6 is 0 Å².